The highest BCUT2D eigenvalue weighted by Crippen LogP contribution is 2.25. The van der Waals surface area contributed by atoms with Crippen LogP contribution in [0.2, 0.25) is 0 Å². The number of benzene rings is 3. The van der Waals surface area contributed by atoms with E-state index in [1.54, 1.807) is 35.1 Å². The predicted octanol–water partition coefficient (Wildman–Crippen LogP) is 5.16. The molecule has 0 spiro atoms. The lowest BCUT2D eigenvalue weighted by Crippen LogP contribution is -2.32. The summed E-state index contributed by atoms with van der Waals surface area (Å²) in [7, 11) is 0. The highest BCUT2D eigenvalue weighted by Gasteiger charge is 2.20. The summed E-state index contributed by atoms with van der Waals surface area (Å²) in [6, 6.07) is 25.1. The molecule has 2 heterocycles. The number of anilines is 1. The molecule has 0 unspecified atom stereocenters. The molecule has 1 saturated heterocycles. The normalized spacial score (nSPS) is 12.9. The summed E-state index contributed by atoms with van der Waals surface area (Å²) in [6.07, 6.45) is 3.87. The fourth-order valence-corrected chi connectivity index (χ4v) is 4.43. The minimum absolute atomic E-state index is 0.0127. The van der Waals surface area contributed by atoms with Gasteiger partial charge in [0.05, 0.1) is 12.1 Å². The molecule has 0 aliphatic carbocycles. The van der Waals surface area contributed by atoms with Crippen molar-refractivity contribution in [3.63, 3.8) is 0 Å². The largest absolute Gasteiger partial charge is 0.484 e. The van der Waals surface area contributed by atoms with Crippen molar-refractivity contribution in [3.8, 4) is 17.0 Å². The Morgan fingerprint density at radius 3 is 2.46 bits per heavy atom. The maximum atomic E-state index is 13.4. The summed E-state index contributed by atoms with van der Waals surface area (Å²) in [6.45, 7) is 4.15. The standard InChI is InChI=1S/C30H30N4O3/c1-22-12-14-24(15-13-22)29-27(20-34(32-29)19-23-8-3-2-4-9-23)30(36)31-25-10-7-11-26(18-25)37-21-28(35)33-16-5-6-17-33/h2-4,7-15,18,20H,5-6,16-17,19,21H2,1H3,(H,31,36). The van der Waals surface area contributed by atoms with E-state index in [1.165, 1.54) is 0 Å². The van der Waals surface area contributed by atoms with E-state index < -0.39 is 0 Å². The molecule has 0 atom stereocenters. The van der Waals surface area contributed by atoms with E-state index in [-0.39, 0.29) is 18.4 Å². The van der Waals surface area contributed by atoms with E-state index in [4.69, 9.17) is 9.84 Å². The van der Waals surface area contributed by atoms with Crippen LogP contribution in [0.1, 0.15) is 34.3 Å². The first-order valence-corrected chi connectivity index (χ1v) is 12.6. The van der Waals surface area contributed by atoms with Crippen LogP contribution >= 0.6 is 0 Å². The molecule has 1 fully saturated rings. The molecule has 4 aromatic rings. The predicted molar refractivity (Wildman–Crippen MR) is 144 cm³/mol. The number of ether oxygens (including phenoxy) is 1. The number of rotatable bonds is 8. The van der Waals surface area contributed by atoms with E-state index in [0.717, 1.165) is 42.6 Å². The molecule has 1 aliphatic heterocycles. The maximum absolute atomic E-state index is 13.4. The zero-order valence-corrected chi connectivity index (χ0v) is 20.9. The van der Waals surface area contributed by atoms with Gasteiger partial charge in [-0.05, 0) is 37.5 Å². The number of nitrogens with zero attached hydrogens (tertiary/aromatic N) is 3. The van der Waals surface area contributed by atoms with Gasteiger partial charge in [-0.2, -0.15) is 5.10 Å². The van der Waals surface area contributed by atoms with Gasteiger partial charge in [0.1, 0.15) is 11.4 Å². The molecular formula is C30H30N4O3. The van der Waals surface area contributed by atoms with Crippen LogP contribution in [0, 0.1) is 6.92 Å². The smallest absolute Gasteiger partial charge is 0.260 e. The Hall–Kier alpha value is -4.39. The number of carbonyl (C=O) groups is 2. The molecule has 37 heavy (non-hydrogen) atoms. The lowest BCUT2D eigenvalue weighted by atomic mass is 10.1. The van der Waals surface area contributed by atoms with E-state index in [9.17, 15) is 9.59 Å². The quantitative estimate of drug-likeness (QED) is 0.367. The van der Waals surface area contributed by atoms with Gasteiger partial charge < -0.3 is 15.0 Å². The summed E-state index contributed by atoms with van der Waals surface area (Å²) in [4.78, 5) is 27.6. The van der Waals surface area contributed by atoms with E-state index in [1.807, 2.05) is 66.4 Å². The maximum Gasteiger partial charge on any atom is 0.260 e. The van der Waals surface area contributed by atoms with Crippen molar-refractivity contribution >= 4 is 17.5 Å². The van der Waals surface area contributed by atoms with Crippen LogP contribution in [0.4, 0.5) is 5.69 Å². The zero-order chi connectivity index (χ0) is 25.6. The second kappa shape index (κ2) is 11.1. The number of hydrogen-bond acceptors (Lipinski definition) is 4. The number of amides is 2. The molecule has 1 aliphatic rings. The zero-order valence-electron chi connectivity index (χ0n) is 20.9. The molecule has 2 amide bonds. The first kappa shape index (κ1) is 24.3. The first-order valence-electron chi connectivity index (χ1n) is 12.6. The van der Waals surface area contributed by atoms with E-state index >= 15 is 0 Å². The van der Waals surface area contributed by atoms with Gasteiger partial charge in [-0.1, -0.05) is 66.2 Å². The second-order valence-electron chi connectivity index (χ2n) is 9.30. The van der Waals surface area contributed by atoms with Gasteiger partial charge >= 0.3 is 0 Å². The summed E-state index contributed by atoms with van der Waals surface area (Å²) in [5, 5.41) is 7.73. The Morgan fingerprint density at radius 1 is 0.946 bits per heavy atom. The number of aromatic nitrogens is 2. The molecule has 3 aromatic carbocycles. The van der Waals surface area contributed by atoms with Crippen LogP contribution in [-0.2, 0) is 11.3 Å². The SMILES string of the molecule is Cc1ccc(-c2nn(Cc3ccccc3)cc2C(=O)Nc2cccc(OCC(=O)N3CCCC3)c2)cc1. The van der Waals surface area contributed by atoms with Crippen LogP contribution in [0.25, 0.3) is 11.3 Å². The molecule has 5 rings (SSSR count). The number of carbonyl (C=O) groups excluding carboxylic acids is 2. The third-order valence-corrected chi connectivity index (χ3v) is 6.43. The Labute approximate surface area is 216 Å². The van der Waals surface area contributed by atoms with Gasteiger partial charge in [0, 0.05) is 36.6 Å². The molecule has 0 radical (unpaired) electrons. The van der Waals surface area contributed by atoms with Crippen LogP contribution in [0.5, 0.6) is 5.75 Å². The average Bonchev–Trinajstić information content (AvgIpc) is 3.60. The Balaban J connectivity index is 1.34. The molecule has 0 bridgehead atoms. The first-order chi connectivity index (χ1) is 18.0. The monoisotopic (exact) mass is 494 g/mol. The number of nitrogens with one attached hydrogen (secondary N) is 1. The Bertz CT molecular complexity index is 1370. The van der Waals surface area contributed by atoms with Crippen LogP contribution in [0.15, 0.2) is 85.1 Å². The number of likely N-dealkylation sites (tertiary alicyclic amines) is 1. The van der Waals surface area contributed by atoms with Crippen molar-refractivity contribution in [1.29, 1.82) is 0 Å². The van der Waals surface area contributed by atoms with Crippen molar-refractivity contribution in [1.82, 2.24) is 14.7 Å². The summed E-state index contributed by atoms with van der Waals surface area (Å²) in [5.74, 6) is 0.254. The van der Waals surface area contributed by atoms with Crippen molar-refractivity contribution < 1.29 is 14.3 Å². The van der Waals surface area contributed by atoms with Crippen molar-refractivity contribution in [2.45, 2.75) is 26.3 Å². The lowest BCUT2D eigenvalue weighted by molar-refractivity contribution is -0.132. The van der Waals surface area contributed by atoms with Gasteiger partial charge in [0.25, 0.3) is 11.8 Å². The van der Waals surface area contributed by atoms with Crippen molar-refractivity contribution in [2.75, 3.05) is 25.0 Å². The molecule has 7 heteroatoms. The van der Waals surface area contributed by atoms with Crippen LogP contribution < -0.4 is 10.1 Å². The summed E-state index contributed by atoms with van der Waals surface area (Å²) < 4.78 is 7.52. The van der Waals surface area contributed by atoms with Gasteiger partial charge in [-0.15, -0.1) is 0 Å². The van der Waals surface area contributed by atoms with E-state index in [2.05, 4.69) is 5.32 Å². The second-order valence-corrected chi connectivity index (χ2v) is 9.30. The van der Waals surface area contributed by atoms with E-state index in [0.29, 0.717) is 29.2 Å². The van der Waals surface area contributed by atoms with Crippen LogP contribution in [-0.4, -0.2) is 46.2 Å². The van der Waals surface area contributed by atoms with Crippen molar-refractivity contribution in [3.05, 3.63) is 102 Å². The van der Waals surface area contributed by atoms with Crippen molar-refractivity contribution in [2.24, 2.45) is 0 Å². The lowest BCUT2D eigenvalue weighted by Gasteiger charge is -2.15. The third kappa shape index (κ3) is 6.06. The Kier molecular flexibility index (Phi) is 7.31. The molecule has 0 saturated carbocycles. The fraction of sp³-hybridized carbons (Fsp3) is 0.233. The Morgan fingerprint density at radius 2 is 1.70 bits per heavy atom. The van der Waals surface area contributed by atoms with Gasteiger partial charge in [0.2, 0.25) is 0 Å². The molecule has 1 N–H and O–H groups in total. The van der Waals surface area contributed by atoms with Gasteiger partial charge in [0.15, 0.2) is 6.61 Å². The minimum Gasteiger partial charge on any atom is -0.484 e. The molecule has 188 valence electrons. The average molecular weight is 495 g/mol. The van der Waals surface area contributed by atoms with Gasteiger partial charge in [-0.25, -0.2) is 0 Å². The minimum atomic E-state index is -0.264. The highest BCUT2D eigenvalue weighted by atomic mass is 16.5. The number of hydrogen-bond donors (Lipinski definition) is 1. The number of aryl methyl sites for hydroxylation is 1. The third-order valence-electron chi connectivity index (χ3n) is 6.43. The van der Waals surface area contributed by atoms with Gasteiger partial charge in [-0.3, -0.25) is 14.3 Å². The van der Waals surface area contributed by atoms with Crippen LogP contribution in [0.3, 0.4) is 0 Å². The molecule has 1 aromatic heterocycles. The fourth-order valence-electron chi connectivity index (χ4n) is 4.43. The summed E-state index contributed by atoms with van der Waals surface area (Å²) >= 11 is 0. The molecule has 7 nitrogen and oxygen atoms in total. The highest BCUT2D eigenvalue weighted by molar-refractivity contribution is 6.08. The topological polar surface area (TPSA) is 76.5 Å². The molecular weight excluding hydrogens is 464 g/mol. The summed E-state index contributed by atoms with van der Waals surface area (Å²) in [5.41, 5.74) is 4.80.